The fourth-order valence-corrected chi connectivity index (χ4v) is 6.63. The maximum Gasteiger partial charge on any atom is 0.0816 e. The van der Waals surface area contributed by atoms with Crippen LogP contribution in [0.15, 0.2) is 40.2 Å². The third kappa shape index (κ3) is 4.23. The Balaban J connectivity index is 1.62. The van der Waals surface area contributed by atoms with E-state index < -0.39 is 9.70 Å². The van der Waals surface area contributed by atoms with Gasteiger partial charge in [0.1, 0.15) is 0 Å². The molecular formula is C24H31ClN4OS. The molecule has 166 valence electrons. The summed E-state index contributed by atoms with van der Waals surface area (Å²) in [5, 5.41) is 4.52. The summed E-state index contributed by atoms with van der Waals surface area (Å²) in [7, 11) is 6.68. The molecule has 0 bridgehead atoms. The molecule has 7 heteroatoms. The molecule has 0 radical (unpaired) electrons. The number of hydrogen-bond donors (Lipinski definition) is 1. The average Bonchev–Trinajstić information content (AvgIpc) is 3.09. The molecule has 3 aliphatic rings. The Kier molecular flexibility index (Phi) is 6.24. The molecule has 1 atom stereocenters. The predicted molar refractivity (Wildman–Crippen MR) is 131 cm³/mol. The summed E-state index contributed by atoms with van der Waals surface area (Å²) in [6.07, 6.45) is 1.16. The monoisotopic (exact) mass is 458 g/mol. The highest BCUT2D eigenvalue weighted by atomic mass is 35.7. The van der Waals surface area contributed by atoms with Crippen molar-refractivity contribution >= 4 is 37.4 Å². The van der Waals surface area contributed by atoms with Crippen molar-refractivity contribution in [3.8, 4) is 0 Å². The Bertz CT molecular complexity index is 1090. The zero-order valence-corrected chi connectivity index (χ0v) is 19.9. The first-order valence-electron chi connectivity index (χ1n) is 11.3. The van der Waals surface area contributed by atoms with Crippen LogP contribution in [-0.4, -0.2) is 52.5 Å². The van der Waals surface area contributed by atoms with Crippen LogP contribution < -0.4 is 20.5 Å². The quantitative estimate of drug-likeness (QED) is 0.690. The molecule has 0 spiro atoms. The van der Waals surface area contributed by atoms with E-state index in [1.54, 1.807) is 0 Å². The molecule has 31 heavy (non-hydrogen) atoms. The van der Waals surface area contributed by atoms with Crippen LogP contribution >= 0.6 is 20.4 Å². The number of hydrogen-bond acceptors (Lipinski definition) is 5. The van der Waals surface area contributed by atoms with Gasteiger partial charge in [0.15, 0.2) is 0 Å². The minimum absolute atomic E-state index is 0.394. The molecule has 0 amide bonds. The van der Waals surface area contributed by atoms with E-state index in [0.29, 0.717) is 5.92 Å². The van der Waals surface area contributed by atoms with Crippen LogP contribution in [0, 0.1) is 4.51 Å². The molecule has 2 fully saturated rings. The van der Waals surface area contributed by atoms with Crippen molar-refractivity contribution in [2.45, 2.75) is 31.1 Å². The van der Waals surface area contributed by atoms with Gasteiger partial charge in [-0.3, -0.25) is 0 Å². The molecule has 2 aromatic rings. The highest BCUT2D eigenvalue weighted by Crippen LogP contribution is 2.48. The Morgan fingerprint density at radius 3 is 2.61 bits per heavy atom. The highest BCUT2D eigenvalue weighted by molar-refractivity contribution is 8.29. The van der Waals surface area contributed by atoms with Gasteiger partial charge < -0.3 is 19.9 Å². The summed E-state index contributed by atoms with van der Waals surface area (Å²) in [4.78, 5) is 11.2. The summed E-state index contributed by atoms with van der Waals surface area (Å²) in [6, 6.07) is 11.2. The molecule has 1 N–H and O–H groups in total. The molecule has 5 rings (SSSR count). The van der Waals surface area contributed by atoms with Crippen LogP contribution in [0.25, 0.3) is 0 Å². The lowest BCUT2D eigenvalue weighted by Gasteiger charge is -2.29. The van der Waals surface area contributed by atoms with Crippen molar-refractivity contribution in [2.75, 3.05) is 62.3 Å². The van der Waals surface area contributed by atoms with Crippen LogP contribution in [0.1, 0.15) is 31.7 Å². The number of benzene rings is 2. The summed E-state index contributed by atoms with van der Waals surface area (Å²) in [5.41, 5.74) is 4.88. The Morgan fingerprint density at radius 2 is 1.81 bits per heavy atom. The maximum atomic E-state index is 7.20. The van der Waals surface area contributed by atoms with Gasteiger partial charge in [-0.1, -0.05) is 23.5 Å². The predicted octanol–water partition coefficient (Wildman–Crippen LogP) is 4.44. The number of rotatable bonds is 3. The molecule has 5 nitrogen and oxygen atoms in total. The van der Waals surface area contributed by atoms with E-state index in [0.717, 1.165) is 74.5 Å². The second-order valence-electron chi connectivity index (χ2n) is 8.75. The molecule has 3 aliphatic heterocycles. The van der Waals surface area contributed by atoms with Crippen LogP contribution in [-0.2, 0) is 4.74 Å². The standard InChI is InChI=1S/C24H31ClN4OS/c1-17(2)20-14-19(28-8-3-6-26-7-9-28)16-23-24(20)27-21-5-4-18(15-22(21)31(23)25)29-10-12-30-13-11-29/h4-5,14-17,26H,3,6-13H2,1-2H3. The lowest BCUT2D eigenvalue weighted by molar-refractivity contribution is 0.122. The number of anilines is 2. The van der Waals surface area contributed by atoms with Crippen LogP contribution in [0.5, 0.6) is 0 Å². The second-order valence-corrected chi connectivity index (χ2v) is 11.1. The zero-order chi connectivity index (χ0) is 21.4. The third-order valence-electron chi connectivity index (χ3n) is 6.35. The summed E-state index contributed by atoms with van der Waals surface area (Å²) >= 11 is 0. The van der Waals surface area contributed by atoms with Gasteiger partial charge >= 0.3 is 0 Å². The Labute approximate surface area is 191 Å². The molecule has 0 aliphatic carbocycles. The number of halogens is 1. The van der Waals surface area contributed by atoms with E-state index in [1.807, 2.05) is 0 Å². The minimum atomic E-state index is -0.522. The van der Waals surface area contributed by atoms with Crippen molar-refractivity contribution in [1.29, 1.82) is 0 Å². The zero-order valence-electron chi connectivity index (χ0n) is 18.4. The maximum absolute atomic E-state index is 7.20. The van der Waals surface area contributed by atoms with Crippen molar-refractivity contribution in [2.24, 2.45) is 4.99 Å². The number of fused-ring (bicyclic) bond motifs is 2. The molecule has 2 aromatic carbocycles. The van der Waals surface area contributed by atoms with Crippen LogP contribution in [0.2, 0.25) is 0 Å². The molecular weight excluding hydrogens is 428 g/mol. The van der Waals surface area contributed by atoms with Gasteiger partial charge in [0.25, 0.3) is 0 Å². The van der Waals surface area contributed by atoms with E-state index in [2.05, 4.69) is 59.3 Å². The fraction of sp³-hybridized carbons (Fsp3) is 0.500. The smallest absolute Gasteiger partial charge is 0.0816 e. The Hall–Kier alpha value is -1.60. The summed E-state index contributed by atoms with van der Waals surface area (Å²) in [5.74, 6) is 0.394. The van der Waals surface area contributed by atoms with Gasteiger partial charge in [0, 0.05) is 53.5 Å². The van der Waals surface area contributed by atoms with Gasteiger partial charge in [-0.15, -0.1) is 0 Å². The molecule has 2 saturated heterocycles. The first-order chi connectivity index (χ1) is 15.1. The minimum Gasteiger partial charge on any atom is -0.378 e. The summed E-state index contributed by atoms with van der Waals surface area (Å²) in [6.45, 7) is 12.1. The molecule has 1 unspecified atom stereocenters. The number of morpholine rings is 1. The van der Waals surface area contributed by atoms with E-state index in [-0.39, 0.29) is 0 Å². The van der Waals surface area contributed by atoms with Gasteiger partial charge in [-0.05, 0) is 65.5 Å². The van der Waals surface area contributed by atoms with E-state index in [1.165, 1.54) is 21.8 Å². The fourth-order valence-electron chi connectivity index (χ4n) is 4.59. The van der Waals surface area contributed by atoms with Gasteiger partial charge in [0.2, 0.25) is 0 Å². The van der Waals surface area contributed by atoms with Gasteiger partial charge in [-0.25, -0.2) is 4.99 Å². The van der Waals surface area contributed by atoms with Crippen molar-refractivity contribution in [3.63, 3.8) is 0 Å². The highest BCUT2D eigenvalue weighted by Gasteiger charge is 2.22. The van der Waals surface area contributed by atoms with Crippen molar-refractivity contribution < 1.29 is 4.74 Å². The Morgan fingerprint density at radius 1 is 1.00 bits per heavy atom. The average molecular weight is 459 g/mol. The SMILES string of the molecule is CC(C)c1cc(N2CCCNCC2)cc2c1N=c1ccc(N3CCOCC3)cc1=S2Cl. The first-order valence-corrected chi connectivity index (χ1v) is 13.4. The van der Waals surface area contributed by atoms with E-state index in [9.17, 15) is 0 Å². The van der Waals surface area contributed by atoms with E-state index in [4.69, 9.17) is 20.4 Å². The second kappa shape index (κ2) is 9.10. The van der Waals surface area contributed by atoms with Crippen molar-refractivity contribution in [1.82, 2.24) is 5.32 Å². The van der Waals surface area contributed by atoms with Crippen molar-refractivity contribution in [3.05, 3.63) is 45.8 Å². The lowest BCUT2D eigenvalue weighted by atomic mass is 9.99. The first kappa shape index (κ1) is 21.3. The normalized spacial score (nSPS) is 21.4. The lowest BCUT2D eigenvalue weighted by Crippen LogP contribution is -2.36. The van der Waals surface area contributed by atoms with Crippen LogP contribution in [0.3, 0.4) is 0 Å². The number of nitrogens with one attached hydrogen (secondary N) is 1. The third-order valence-corrected chi connectivity index (χ3v) is 8.76. The molecule has 3 heterocycles. The molecule has 0 aromatic heterocycles. The van der Waals surface area contributed by atoms with Crippen LogP contribution in [0.4, 0.5) is 17.1 Å². The topological polar surface area (TPSA) is 40.1 Å². The number of ether oxygens (including phenoxy) is 1. The summed E-state index contributed by atoms with van der Waals surface area (Å²) < 4.78 is 6.66. The molecule has 0 saturated carbocycles. The largest absolute Gasteiger partial charge is 0.378 e. The van der Waals surface area contributed by atoms with Gasteiger partial charge in [0.05, 0.1) is 24.3 Å². The number of nitrogens with zero attached hydrogens (tertiary/aromatic N) is 3. The van der Waals surface area contributed by atoms with E-state index >= 15 is 0 Å². The van der Waals surface area contributed by atoms with Gasteiger partial charge in [-0.2, -0.15) is 0 Å².